The molecule has 5 heteroatoms. The van der Waals surface area contributed by atoms with Crippen LogP contribution in [-0.2, 0) is 0 Å². The Kier molecular flexibility index (Phi) is 6.64. The molecule has 0 atom stereocenters. The second kappa shape index (κ2) is 8.00. The predicted molar refractivity (Wildman–Crippen MR) is 79.9 cm³/mol. The molecule has 0 unspecified atom stereocenters. The number of nitrogens with zero attached hydrogens (tertiary/aromatic N) is 2. The fourth-order valence-electron chi connectivity index (χ4n) is 1.77. The van der Waals surface area contributed by atoms with Crippen molar-refractivity contribution in [2.45, 2.75) is 33.1 Å². The molecule has 4 nitrogen and oxygen atoms in total. The molecule has 0 aliphatic heterocycles. The Bertz CT molecular complexity index is 423. The van der Waals surface area contributed by atoms with Gasteiger partial charge < -0.3 is 10.2 Å². The summed E-state index contributed by atoms with van der Waals surface area (Å²) in [4.78, 5) is 18.1. The summed E-state index contributed by atoms with van der Waals surface area (Å²) in [5.74, 6) is 0.586. The number of carbonyl (C=O) groups is 1. The van der Waals surface area contributed by atoms with Crippen molar-refractivity contribution in [3.8, 4) is 0 Å². The minimum absolute atomic E-state index is 0.0337. The van der Waals surface area contributed by atoms with Gasteiger partial charge in [-0.2, -0.15) is 0 Å². The molecule has 0 radical (unpaired) electrons. The van der Waals surface area contributed by atoms with Crippen LogP contribution in [-0.4, -0.2) is 35.9 Å². The summed E-state index contributed by atoms with van der Waals surface area (Å²) in [6.45, 7) is 5.62. The first kappa shape index (κ1) is 15.8. The highest BCUT2D eigenvalue weighted by molar-refractivity contribution is 6.33. The van der Waals surface area contributed by atoms with Gasteiger partial charge in [0.25, 0.3) is 5.91 Å². The van der Waals surface area contributed by atoms with Crippen LogP contribution >= 0.6 is 11.6 Å². The Labute approximate surface area is 120 Å². The molecule has 0 aliphatic carbocycles. The van der Waals surface area contributed by atoms with Crippen molar-refractivity contribution in [3.05, 3.63) is 22.8 Å². The van der Waals surface area contributed by atoms with Crippen LogP contribution < -0.4 is 5.32 Å². The van der Waals surface area contributed by atoms with Crippen LogP contribution in [0.2, 0.25) is 5.02 Å². The van der Waals surface area contributed by atoms with Crippen molar-refractivity contribution in [2.24, 2.45) is 0 Å². The average molecular weight is 284 g/mol. The van der Waals surface area contributed by atoms with E-state index in [4.69, 9.17) is 11.6 Å². The number of unbranched alkanes of at least 4 members (excludes halogenated alkanes) is 2. The zero-order valence-electron chi connectivity index (χ0n) is 11.9. The SMILES string of the molecule is CCCCCN(C)C(=O)c1cnc(NCC)c(Cl)c1. The highest BCUT2D eigenvalue weighted by atomic mass is 35.5. The molecule has 0 bridgehead atoms. The second-order valence-electron chi connectivity index (χ2n) is 4.52. The summed E-state index contributed by atoms with van der Waals surface area (Å²) in [6.07, 6.45) is 4.88. The summed E-state index contributed by atoms with van der Waals surface area (Å²) >= 11 is 6.09. The first-order valence-corrected chi connectivity index (χ1v) is 7.12. The van der Waals surface area contributed by atoms with E-state index in [2.05, 4.69) is 17.2 Å². The predicted octanol–water partition coefficient (Wildman–Crippen LogP) is 3.43. The lowest BCUT2D eigenvalue weighted by Crippen LogP contribution is -2.27. The Morgan fingerprint density at radius 1 is 1.42 bits per heavy atom. The number of amides is 1. The fraction of sp³-hybridized carbons (Fsp3) is 0.571. The van der Waals surface area contributed by atoms with Crippen molar-refractivity contribution < 1.29 is 4.79 Å². The zero-order valence-corrected chi connectivity index (χ0v) is 12.6. The number of pyridine rings is 1. The van der Waals surface area contributed by atoms with Gasteiger partial charge in [0, 0.05) is 26.3 Å². The number of halogens is 1. The lowest BCUT2D eigenvalue weighted by atomic mass is 10.2. The minimum atomic E-state index is -0.0337. The third-order valence-electron chi connectivity index (χ3n) is 2.88. The minimum Gasteiger partial charge on any atom is -0.369 e. The number of carbonyl (C=O) groups excluding carboxylic acids is 1. The van der Waals surface area contributed by atoms with Gasteiger partial charge in [-0.05, 0) is 19.4 Å². The molecule has 19 heavy (non-hydrogen) atoms. The lowest BCUT2D eigenvalue weighted by Gasteiger charge is -2.17. The third kappa shape index (κ3) is 4.71. The molecule has 0 aromatic carbocycles. The van der Waals surface area contributed by atoms with E-state index in [-0.39, 0.29) is 5.91 Å². The zero-order chi connectivity index (χ0) is 14.3. The quantitative estimate of drug-likeness (QED) is 0.780. The largest absolute Gasteiger partial charge is 0.369 e. The number of aromatic nitrogens is 1. The molecular weight excluding hydrogens is 262 g/mol. The summed E-state index contributed by atoms with van der Waals surface area (Å²) in [6, 6.07) is 1.67. The van der Waals surface area contributed by atoms with Crippen molar-refractivity contribution in [1.29, 1.82) is 0 Å². The van der Waals surface area contributed by atoms with E-state index < -0.39 is 0 Å². The van der Waals surface area contributed by atoms with E-state index in [0.29, 0.717) is 16.4 Å². The standard InChI is InChI=1S/C14H22ClN3O/c1-4-6-7-8-18(3)14(19)11-9-12(15)13(16-5-2)17-10-11/h9-10H,4-8H2,1-3H3,(H,16,17). The van der Waals surface area contributed by atoms with Crippen LogP contribution in [0, 0.1) is 0 Å². The number of nitrogens with one attached hydrogen (secondary N) is 1. The van der Waals surface area contributed by atoms with E-state index >= 15 is 0 Å². The Hall–Kier alpha value is -1.29. The fourth-order valence-corrected chi connectivity index (χ4v) is 2.01. The first-order chi connectivity index (χ1) is 9.10. The van der Waals surface area contributed by atoms with Crippen LogP contribution in [0.4, 0.5) is 5.82 Å². The topological polar surface area (TPSA) is 45.2 Å². The van der Waals surface area contributed by atoms with E-state index in [1.165, 1.54) is 0 Å². The molecular formula is C14H22ClN3O. The normalized spacial score (nSPS) is 10.3. The number of rotatable bonds is 7. The molecule has 1 aromatic rings. The van der Waals surface area contributed by atoms with Gasteiger partial charge in [-0.15, -0.1) is 0 Å². The summed E-state index contributed by atoms with van der Waals surface area (Å²) in [5.41, 5.74) is 0.533. The van der Waals surface area contributed by atoms with Gasteiger partial charge in [0.15, 0.2) is 0 Å². The van der Waals surface area contributed by atoms with E-state index in [9.17, 15) is 4.79 Å². The van der Waals surface area contributed by atoms with Crippen LogP contribution in [0.25, 0.3) is 0 Å². The van der Waals surface area contributed by atoms with E-state index in [1.54, 1.807) is 17.2 Å². The van der Waals surface area contributed by atoms with Crippen molar-refractivity contribution >= 4 is 23.3 Å². The molecule has 0 saturated carbocycles. The van der Waals surface area contributed by atoms with Gasteiger partial charge in [0.05, 0.1) is 10.6 Å². The van der Waals surface area contributed by atoms with E-state index in [0.717, 1.165) is 32.4 Å². The maximum absolute atomic E-state index is 12.2. The molecule has 0 spiro atoms. The smallest absolute Gasteiger partial charge is 0.255 e. The van der Waals surface area contributed by atoms with Gasteiger partial charge in [-0.1, -0.05) is 31.4 Å². The molecule has 1 aromatic heterocycles. The van der Waals surface area contributed by atoms with Gasteiger partial charge in [-0.3, -0.25) is 4.79 Å². The second-order valence-corrected chi connectivity index (χ2v) is 4.93. The molecule has 1 heterocycles. The summed E-state index contributed by atoms with van der Waals surface area (Å²) in [7, 11) is 1.81. The summed E-state index contributed by atoms with van der Waals surface area (Å²) in [5, 5.41) is 3.53. The van der Waals surface area contributed by atoms with Crippen molar-refractivity contribution in [1.82, 2.24) is 9.88 Å². The average Bonchev–Trinajstić information content (AvgIpc) is 2.40. The maximum atomic E-state index is 12.2. The highest BCUT2D eigenvalue weighted by Gasteiger charge is 2.13. The molecule has 0 fully saturated rings. The molecule has 1 amide bonds. The van der Waals surface area contributed by atoms with Crippen molar-refractivity contribution in [3.63, 3.8) is 0 Å². The Balaban J connectivity index is 2.68. The third-order valence-corrected chi connectivity index (χ3v) is 3.16. The molecule has 106 valence electrons. The first-order valence-electron chi connectivity index (χ1n) is 6.75. The maximum Gasteiger partial charge on any atom is 0.255 e. The monoisotopic (exact) mass is 283 g/mol. The van der Waals surface area contributed by atoms with Gasteiger partial charge in [0.2, 0.25) is 0 Å². The molecule has 0 aliphatic rings. The number of hydrogen-bond donors (Lipinski definition) is 1. The van der Waals surface area contributed by atoms with Gasteiger partial charge in [-0.25, -0.2) is 4.98 Å². The Morgan fingerprint density at radius 3 is 2.74 bits per heavy atom. The summed E-state index contributed by atoms with van der Waals surface area (Å²) < 4.78 is 0. The Morgan fingerprint density at radius 2 is 2.16 bits per heavy atom. The lowest BCUT2D eigenvalue weighted by molar-refractivity contribution is 0.0792. The van der Waals surface area contributed by atoms with Crippen LogP contribution in [0.1, 0.15) is 43.5 Å². The number of anilines is 1. The van der Waals surface area contributed by atoms with E-state index in [1.807, 2.05) is 14.0 Å². The van der Waals surface area contributed by atoms with Crippen LogP contribution in [0.3, 0.4) is 0 Å². The number of hydrogen-bond acceptors (Lipinski definition) is 3. The van der Waals surface area contributed by atoms with Gasteiger partial charge >= 0.3 is 0 Å². The van der Waals surface area contributed by atoms with Crippen molar-refractivity contribution in [2.75, 3.05) is 25.5 Å². The molecule has 0 saturated heterocycles. The van der Waals surface area contributed by atoms with Gasteiger partial charge in [0.1, 0.15) is 5.82 Å². The van der Waals surface area contributed by atoms with Crippen LogP contribution in [0.15, 0.2) is 12.3 Å². The molecule has 1 N–H and O–H groups in total. The van der Waals surface area contributed by atoms with Crippen LogP contribution in [0.5, 0.6) is 0 Å². The molecule has 1 rings (SSSR count). The highest BCUT2D eigenvalue weighted by Crippen LogP contribution is 2.20.